The summed E-state index contributed by atoms with van der Waals surface area (Å²) in [5, 5.41) is 14.5. The molecule has 2 aliphatic rings. The zero-order valence-corrected chi connectivity index (χ0v) is 19.3. The monoisotopic (exact) mass is 472 g/mol. The van der Waals surface area contributed by atoms with Crippen molar-refractivity contribution in [1.29, 1.82) is 0 Å². The molecule has 5 rings (SSSR count). The quantitative estimate of drug-likeness (QED) is 0.440. The SMILES string of the molecule is CC1(C)CC(=O)C2=C(C1)Nc1c(c(=O)[nH]c(=O)n1Cc1ccccc1)[C@@H]2c1ccc([N+](=O)[O-])cc1. The van der Waals surface area contributed by atoms with E-state index in [4.69, 9.17) is 0 Å². The highest BCUT2D eigenvalue weighted by molar-refractivity contribution is 6.01. The number of non-ortho nitro benzene ring substituents is 1. The van der Waals surface area contributed by atoms with Crippen molar-refractivity contribution in [3.8, 4) is 0 Å². The van der Waals surface area contributed by atoms with Crippen molar-refractivity contribution in [3.05, 3.63) is 114 Å². The number of ketones is 1. The van der Waals surface area contributed by atoms with E-state index in [0.717, 1.165) is 5.56 Å². The first-order valence-corrected chi connectivity index (χ1v) is 11.3. The molecule has 0 radical (unpaired) electrons. The van der Waals surface area contributed by atoms with Crippen molar-refractivity contribution in [2.75, 3.05) is 5.32 Å². The Morgan fingerprint density at radius 3 is 2.37 bits per heavy atom. The van der Waals surface area contributed by atoms with Crippen molar-refractivity contribution in [2.45, 2.75) is 39.2 Å². The summed E-state index contributed by atoms with van der Waals surface area (Å²) in [6, 6.07) is 15.3. The number of hydrogen-bond donors (Lipinski definition) is 2. The number of anilines is 1. The summed E-state index contributed by atoms with van der Waals surface area (Å²) in [6.07, 6.45) is 0.872. The van der Waals surface area contributed by atoms with Gasteiger partial charge in [0, 0.05) is 35.7 Å². The molecular weight excluding hydrogens is 448 g/mol. The Hall–Kier alpha value is -4.27. The molecule has 178 valence electrons. The normalized spacial score (nSPS) is 18.5. The van der Waals surface area contributed by atoms with Gasteiger partial charge in [-0.1, -0.05) is 56.3 Å². The third-order valence-corrected chi connectivity index (χ3v) is 6.62. The number of nitrogens with one attached hydrogen (secondary N) is 2. The summed E-state index contributed by atoms with van der Waals surface area (Å²) in [4.78, 5) is 52.6. The second-order valence-electron chi connectivity index (χ2n) is 9.83. The minimum absolute atomic E-state index is 0.0852. The number of nitro groups is 1. The van der Waals surface area contributed by atoms with Crippen molar-refractivity contribution < 1.29 is 9.72 Å². The van der Waals surface area contributed by atoms with Crippen LogP contribution in [-0.2, 0) is 11.3 Å². The van der Waals surface area contributed by atoms with Gasteiger partial charge in [-0.05, 0) is 23.0 Å². The molecule has 0 amide bonds. The molecule has 3 aromatic rings. The lowest BCUT2D eigenvalue weighted by molar-refractivity contribution is -0.384. The lowest BCUT2D eigenvalue weighted by Gasteiger charge is -2.39. The molecule has 0 fully saturated rings. The second kappa shape index (κ2) is 8.19. The van der Waals surface area contributed by atoms with Gasteiger partial charge in [0.05, 0.1) is 17.0 Å². The van der Waals surface area contributed by atoms with Crippen LogP contribution in [0.25, 0.3) is 0 Å². The van der Waals surface area contributed by atoms with Gasteiger partial charge in [0.2, 0.25) is 0 Å². The molecule has 35 heavy (non-hydrogen) atoms. The number of allylic oxidation sites excluding steroid dienone is 2. The van der Waals surface area contributed by atoms with Crippen LogP contribution in [0.15, 0.2) is 75.5 Å². The number of fused-ring (bicyclic) bond motifs is 1. The number of Topliss-reactive ketones (excluding diaryl/α,β-unsaturated/α-hetero) is 1. The number of benzene rings is 2. The van der Waals surface area contributed by atoms with E-state index in [1.807, 2.05) is 44.2 Å². The predicted octanol–water partition coefficient (Wildman–Crippen LogP) is 3.69. The van der Waals surface area contributed by atoms with Crippen LogP contribution in [0.5, 0.6) is 0 Å². The number of nitrogens with zero attached hydrogens (tertiary/aromatic N) is 2. The Kier molecular flexibility index (Phi) is 5.27. The predicted molar refractivity (Wildman–Crippen MR) is 130 cm³/mol. The Morgan fingerprint density at radius 2 is 1.71 bits per heavy atom. The summed E-state index contributed by atoms with van der Waals surface area (Å²) in [7, 11) is 0. The molecule has 2 N–H and O–H groups in total. The number of carbonyl (C=O) groups is 1. The van der Waals surface area contributed by atoms with Crippen LogP contribution in [0.1, 0.15) is 49.3 Å². The topological polar surface area (TPSA) is 127 Å². The molecule has 2 heterocycles. The zero-order valence-electron chi connectivity index (χ0n) is 19.3. The molecule has 2 aromatic carbocycles. The molecule has 1 aromatic heterocycles. The molecule has 0 spiro atoms. The summed E-state index contributed by atoms with van der Waals surface area (Å²) in [5.74, 6) is -0.495. The molecule has 9 heteroatoms. The smallest absolute Gasteiger partial charge is 0.330 e. The van der Waals surface area contributed by atoms with Crippen LogP contribution in [-0.4, -0.2) is 20.3 Å². The van der Waals surface area contributed by atoms with Gasteiger partial charge in [0.25, 0.3) is 11.2 Å². The van der Waals surface area contributed by atoms with E-state index in [-0.39, 0.29) is 29.0 Å². The minimum atomic E-state index is -0.753. The van der Waals surface area contributed by atoms with Gasteiger partial charge >= 0.3 is 5.69 Å². The maximum absolute atomic E-state index is 13.4. The lowest BCUT2D eigenvalue weighted by atomic mass is 9.69. The molecule has 1 atom stereocenters. The fraction of sp³-hybridized carbons (Fsp3) is 0.269. The van der Waals surface area contributed by atoms with Crippen LogP contribution in [0.4, 0.5) is 11.5 Å². The zero-order chi connectivity index (χ0) is 24.9. The molecule has 9 nitrogen and oxygen atoms in total. The van der Waals surface area contributed by atoms with Crippen molar-refractivity contribution in [2.24, 2.45) is 5.41 Å². The molecular formula is C26H24N4O5. The number of aromatic nitrogens is 2. The van der Waals surface area contributed by atoms with Gasteiger partial charge in [-0.2, -0.15) is 0 Å². The highest BCUT2D eigenvalue weighted by atomic mass is 16.6. The first-order valence-electron chi connectivity index (χ1n) is 11.3. The molecule has 0 unspecified atom stereocenters. The van der Waals surface area contributed by atoms with Crippen molar-refractivity contribution in [1.82, 2.24) is 9.55 Å². The minimum Gasteiger partial charge on any atom is -0.344 e. The summed E-state index contributed by atoms with van der Waals surface area (Å²) in [5.41, 5.74) is 1.32. The first kappa shape index (κ1) is 22.5. The van der Waals surface area contributed by atoms with Crippen molar-refractivity contribution >= 4 is 17.3 Å². The summed E-state index contributed by atoms with van der Waals surface area (Å²) < 4.78 is 1.47. The van der Waals surface area contributed by atoms with Gasteiger partial charge in [0.15, 0.2) is 5.78 Å². The van der Waals surface area contributed by atoms with Crippen LogP contribution in [0, 0.1) is 15.5 Å². The van der Waals surface area contributed by atoms with Gasteiger partial charge in [-0.25, -0.2) is 4.79 Å². The van der Waals surface area contributed by atoms with Gasteiger partial charge in [-0.3, -0.25) is 29.3 Å². The summed E-state index contributed by atoms with van der Waals surface area (Å²) >= 11 is 0. The molecule has 0 bridgehead atoms. The number of hydrogen-bond acceptors (Lipinski definition) is 6. The van der Waals surface area contributed by atoms with Gasteiger partial charge in [-0.15, -0.1) is 0 Å². The average molecular weight is 473 g/mol. The van der Waals surface area contributed by atoms with E-state index in [1.54, 1.807) is 12.1 Å². The van der Waals surface area contributed by atoms with Crippen LogP contribution in [0.2, 0.25) is 0 Å². The maximum atomic E-state index is 13.4. The summed E-state index contributed by atoms with van der Waals surface area (Å²) in [6.45, 7) is 4.22. The lowest BCUT2D eigenvalue weighted by Crippen LogP contribution is -2.42. The second-order valence-corrected chi connectivity index (χ2v) is 9.83. The maximum Gasteiger partial charge on any atom is 0.330 e. The Bertz CT molecular complexity index is 1500. The standard InChI is InChI=1S/C26H24N4O5/c1-26(2)12-18-21(19(31)13-26)20(16-8-10-17(11-9-16)30(34)35)22-23(27-18)29(25(33)28-24(22)32)14-15-6-4-3-5-7-15/h3-11,20,27H,12-14H2,1-2H3,(H,28,32,33)/t20-/m1/s1. The number of rotatable bonds is 4. The van der Waals surface area contributed by atoms with E-state index in [9.17, 15) is 24.5 Å². The Balaban J connectivity index is 1.75. The third kappa shape index (κ3) is 3.99. The number of carbonyl (C=O) groups excluding carboxylic acids is 1. The van der Waals surface area contributed by atoms with Crippen LogP contribution in [0.3, 0.4) is 0 Å². The number of aromatic amines is 1. The van der Waals surface area contributed by atoms with E-state index in [2.05, 4.69) is 10.3 Å². The van der Waals surface area contributed by atoms with E-state index < -0.39 is 22.1 Å². The fourth-order valence-electron chi connectivity index (χ4n) is 5.10. The molecule has 0 saturated heterocycles. The number of H-pyrrole nitrogens is 1. The highest BCUT2D eigenvalue weighted by Crippen LogP contribution is 2.47. The Morgan fingerprint density at radius 1 is 1.03 bits per heavy atom. The largest absolute Gasteiger partial charge is 0.344 e. The van der Waals surface area contributed by atoms with Crippen molar-refractivity contribution in [3.63, 3.8) is 0 Å². The molecule has 0 saturated carbocycles. The molecule has 1 aliphatic carbocycles. The highest BCUT2D eigenvalue weighted by Gasteiger charge is 2.42. The van der Waals surface area contributed by atoms with Gasteiger partial charge in [0.1, 0.15) is 5.82 Å². The van der Waals surface area contributed by atoms with E-state index in [0.29, 0.717) is 35.5 Å². The van der Waals surface area contributed by atoms with E-state index in [1.165, 1.54) is 16.7 Å². The fourth-order valence-corrected chi connectivity index (χ4v) is 5.10. The molecule has 1 aliphatic heterocycles. The average Bonchev–Trinajstić information content (AvgIpc) is 2.80. The van der Waals surface area contributed by atoms with E-state index >= 15 is 0 Å². The first-order chi connectivity index (χ1) is 16.6. The van der Waals surface area contributed by atoms with Crippen LogP contribution >= 0.6 is 0 Å². The number of nitro benzene ring substituents is 1. The Labute approximate surface area is 200 Å². The van der Waals surface area contributed by atoms with Crippen LogP contribution < -0.4 is 16.6 Å². The third-order valence-electron chi connectivity index (χ3n) is 6.62. The van der Waals surface area contributed by atoms with Gasteiger partial charge < -0.3 is 5.32 Å².